The van der Waals surface area contributed by atoms with Gasteiger partial charge >= 0.3 is 0 Å². The van der Waals surface area contributed by atoms with Crippen molar-refractivity contribution in [1.29, 1.82) is 0 Å². The summed E-state index contributed by atoms with van der Waals surface area (Å²) in [6.45, 7) is 7.99. The lowest BCUT2D eigenvalue weighted by Gasteiger charge is -2.18. The zero-order chi connectivity index (χ0) is 17.6. The highest BCUT2D eigenvalue weighted by atomic mass is 16.5. The highest BCUT2D eigenvalue weighted by Gasteiger charge is 2.06. The minimum absolute atomic E-state index is 0.449. The number of fused-ring (bicyclic) bond motifs is 1. The van der Waals surface area contributed by atoms with Gasteiger partial charge in [0.2, 0.25) is 5.95 Å². The molecule has 7 nitrogen and oxygen atoms in total. The molecule has 0 bridgehead atoms. The molecule has 0 saturated heterocycles. The third kappa shape index (κ3) is 4.19. The number of nitrogens with two attached hydrogens (primary N) is 1. The van der Waals surface area contributed by atoms with Crippen molar-refractivity contribution in [3.63, 3.8) is 0 Å². The van der Waals surface area contributed by atoms with E-state index < -0.39 is 0 Å². The molecule has 0 aliphatic carbocycles. The molecule has 0 unspecified atom stereocenters. The van der Waals surface area contributed by atoms with Crippen LogP contribution in [-0.2, 0) is 0 Å². The summed E-state index contributed by atoms with van der Waals surface area (Å²) in [5.41, 5.74) is 7.54. The zero-order valence-corrected chi connectivity index (χ0v) is 14.6. The first-order chi connectivity index (χ1) is 12.2. The molecular weight excluding hydrogens is 316 g/mol. The SMILES string of the molecule is CCN(CC)CCOc1ccc(Nc2nc(N)c3cc[nH]c3n2)cc1. The molecule has 0 aliphatic rings. The summed E-state index contributed by atoms with van der Waals surface area (Å²) >= 11 is 0. The number of hydrogen-bond donors (Lipinski definition) is 3. The molecule has 4 N–H and O–H groups in total. The molecule has 0 aliphatic heterocycles. The number of nitrogen functional groups attached to an aromatic ring is 1. The predicted molar refractivity (Wildman–Crippen MR) is 101 cm³/mol. The number of benzene rings is 1. The predicted octanol–water partition coefficient (Wildman–Crippen LogP) is 3.00. The van der Waals surface area contributed by atoms with Gasteiger partial charge in [0.1, 0.15) is 23.8 Å². The maximum atomic E-state index is 5.95. The Morgan fingerprint density at radius 1 is 1.12 bits per heavy atom. The topological polar surface area (TPSA) is 92.1 Å². The fourth-order valence-corrected chi connectivity index (χ4v) is 2.62. The van der Waals surface area contributed by atoms with Crippen LogP contribution >= 0.6 is 0 Å². The summed E-state index contributed by atoms with van der Waals surface area (Å²) in [5, 5.41) is 3.98. The number of nitrogens with one attached hydrogen (secondary N) is 2. The molecule has 0 fully saturated rings. The van der Waals surface area contributed by atoms with Crippen LogP contribution in [0.15, 0.2) is 36.5 Å². The van der Waals surface area contributed by atoms with Gasteiger partial charge in [0.05, 0.1) is 5.39 Å². The van der Waals surface area contributed by atoms with E-state index in [1.54, 1.807) is 6.20 Å². The second-order valence-corrected chi connectivity index (χ2v) is 5.70. The van der Waals surface area contributed by atoms with E-state index in [2.05, 4.69) is 39.0 Å². The second-order valence-electron chi connectivity index (χ2n) is 5.70. The van der Waals surface area contributed by atoms with Crippen LogP contribution in [0.3, 0.4) is 0 Å². The van der Waals surface area contributed by atoms with Gasteiger partial charge in [-0.15, -0.1) is 0 Å². The number of rotatable bonds is 8. The molecule has 0 radical (unpaired) electrons. The van der Waals surface area contributed by atoms with E-state index in [0.29, 0.717) is 24.0 Å². The number of hydrogen-bond acceptors (Lipinski definition) is 6. The lowest BCUT2D eigenvalue weighted by atomic mass is 10.3. The Labute approximate surface area is 147 Å². The van der Waals surface area contributed by atoms with Crippen LogP contribution in [0.1, 0.15) is 13.8 Å². The Morgan fingerprint density at radius 2 is 1.88 bits per heavy atom. The van der Waals surface area contributed by atoms with Crippen molar-refractivity contribution in [1.82, 2.24) is 19.9 Å². The number of aromatic amines is 1. The number of H-pyrrole nitrogens is 1. The van der Waals surface area contributed by atoms with Gasteiger partial charge in [-0.25, -0.2) is 0 Å². The van der Waals surface area contributed by atoms with Crippen LogP contribution in [0.4, 0.5) is 17.5 Å². The van der Waals surface area contributed by atoms with Gasteiger partial charge in [-0.05, 0) is 43.4 Å². The smallest absolute Gasteiger partial charge is 0.231 e. The number of likely N-dealkylation sites (N-methyl/N-ethyl adjacent to an activating group) is 1. The summed E-state index contributed by atoms with van der Waals surface area (Å²) in [6, 6.07) is 9.59. The lowest BCUT2D eigenvalue weighted by molar-refractivity contribution is 0.223. The first-order valence-electron chi connectivity index (χ1n) is 8.52. The molecule has 1 aromatic carbocycles. The molecule has 3 rings (SSSR count). The van der Waals surface area contributed by atoms with Gasteiger partial charge in [0, 0.05) is 18.4 Å². The molecule has 7 heteroatoms. The van der Waals surface area contributed by atoms with Crippen molar-refractivity contribution < 1.29 is 4.74 Å². The van der Waals surface area contributed by atoms with Crippen molar-refractivity contribution >= 4 is 28.5 Å². The molecule has 0 saturated carbocycles. The van der Waals surface area contributed by atoms with Crippen molar-refractivity contribution in [2.24, 2.45) is 0 Å². The zero-order valence-electron chi connectivity index (χ0n) is 14.6. The van der Waals surface area contributed by atoms with Gasteiger partial charge in [-0.2, -0.15) is 9.97 Å². The van der Waals surface area contributed by atoms with E-state index >= 15 is 0 Å². The Morgan fingerprint density at radius 3 is 2.60 bits per heavy atom. The van der Waals surface area contributed by atoms with E-state index in [-0.39, 0.29) is 0 Å². The molecular formula is C18H24N6O. The van der Waals surface area contributed by atoms with Gasteiger partial charge in [-0.3, -0.25) is 0 Å². The standard InChI is InChI=1S/C18H24N6O/c1-3-24(4-2)11-12-25-14-7-5-13(6-8-14)21-18-22-16(19)15-9-10-20-17(15)23-18/h5-10H,3-4,11-12H2,1-2H3,(H4,19,20,21,22,23). The van der Waals surface area contributed by atoms with Crippen LogP contribution in [0.2, 0.25) is 0 Å². The van der Waals surface area contributed by atoms with Crippen LogP contribution in [0, 0.1) is 0 Å². The third-order valence-corrected chi connectivity index (χ3v) is 4.13. The summed E-state index contributed by atoms with van der Waals surface area (Å²) in [4.78, 5) is 14.1. The summed E-state index contributed by atoms with van der Waals surface area (Å²) in [5.74, 6) is 1.76. The first kappa shape index (κ1) is 17.0. The van der Waals surface area contributed by atoms with E-state index in [4.69, 9.17) is 10.5 Å². The summed E-state index contributed by atoms with van der Waals surface area (Å²) in [6.07, 6.45) is 1.80. The largest absolute Gasteiger partial charge is 0.492 e. The number of nitrogens with zero attached hydrogens (tertiary/aromatic N) is 3. The van der Waals surface area contributed by atoms with E-state index in [0.717, 1.165) is 36.5 Å². The highest BCUT2D eigenvalue weighted by molar-refractivity contribution is 5.87. The first-order valence-corrected chi connectivity index (χ1v) is 8.52. The molecule has 132 valence electrons. The fraction of sp³-hybridized carbons (Fsp3) is 0.333. The molecule has 2 aromatic heterocycles. The molecule has 0 amide bonds. The normalized spacial score (nSPS) is 11.2. The quantitative estimate of drug-likeness (QED) is 0.584. The van der Waals surface area contributed by atoms with E-state index in [9.17, 15) is 0 Å². The molecule has 2 heterocycles. The van der Waals surface area contributed by atoms with E-state index in [1.807, 2.05) is 30.3 Å². The fourth-order valence-electron chi connectivity index (χ4n) is 2.62. The Balaban J connectivity index is 1.60. The lowest BCUT2D eigenvalue weighted by Crippen LogP contribution is -2.27. The third-order valence-electron chi connectivity index (χ3n) is 4.13. The van der Waals surface area contributed by atoms with Crippen LogP contribution < -0.4 is 15.8 Å². The van der Waals surface area contributed by atoms with Crippen molar-refractivity contribution in [2.75, 3.05) is 37.3 Å². The molecule has 0 spiro atoms. The Hall–Kier alpha value is -2.80. The van der Waals surface area contributed by atoms with Gasteiger partial charge < -0.3 is 25.7 Å². The monoisotopic (exact) mass is 340 g/mol. The molecule has 3 aromatic rings. The van der Waals surface area contributed by atoms with Crippen molar-refractivity contribution in [3.05, 3.63) is 36.5 Å². The van der Waals surface area contributed by atoms with Gasteiger partial charge in [0.25, 0.3) is 0 Å². The van der Waals surface area contributed by atoms with Gasteiger partial charge in [-0.1, -0.05) is 13.8 Å². The molecule has 25 heavy (non-hydrogen) atoms. The number of aromatic nitrogens is 3. The van der Waals surface area contributed by atoms with Crippen LogP contribution in [0.25, 0.3) is 11.0 Å². The van der Waals surface area contributed by atoms with Crippen LogP contribution in [-0.4, -0.2) is 46.1 Å². The second kappa shape index (κ2) is 7.85. The average molecular weight is 340 g/mol. The average Bonchev–Trinajstić information content (AvgIpc) is 3.09. The maximum absolute atomic E-state index is 5.95. The molecule has 0 atom stereocenters. The Bertz CT molecular complexity index is 810. The summed E-state index contributed by atoms with van der Waals surface area (Å²) < 4.78 is 5.79. The maximum Gasteiger partial charge on any atom is 0.231 e. The Kier molecular flexibility index (Phi) is 5.35. The van der Waals surface area contributed by atoms with E-state index in [1.165, 1.54) is 0 Å². The van der Waals surface area contributed by atoms with Crippen molar-refractivity contribution in [2.45, 2.75) is 13.8 Å². The number of anilines is 3. The number of ether oxygens (including phenoxy) is 1. The van der Waals surface area contributed by atoms with Crippen LogP contribution in [0.5, 0.6) is 5.75 Å². The van der Waals surface area contributed by atoms with Gasteiger partial charge in [0.15, 0.2) is 0 Å². The van der Waals surface area contributed by atoms with Crippen molar-refractivity contribution in [3.8, 4) is 5.75 Å². The summed E-state index contributed by atoms with van der Waals surface area (Å²) in [7, 11) is 0. The minimum atomic E-state index is 0.449. The minimum Gasteiger partial charge on any atom is -0.492 e. The highest BCUT2D eigenvalue weighted by Crippen LogP contribution is 2.22.